The number of amides is 3. The van der Waals surface area contributed by atoms with Gasteiger partial charge in [0.2, 0.25) is 17.7 Å². The van der Waals surface area contributed by atoms with Crippen molar-refractivity contribution in [3.05, 3.63) is 132 Å². The maximum atomic E-state index is 14.3. The second-order valence-corrected chi connectivity index (χ2v) is 11.8. The molecule has 0 spiro atoms. The molecule has 47 heavy (non-hydrogen) atoms. The van der Waals surface area contributed by atoms with Crippen LogP contribution in [0, 0.1) is 5.82 Å². The van der Waals surface area contributed by atoms with E-state index in [0.717, 1.165) is 16.7 Å². The van der Waals surface area contributed by atoms with Crippen LogP contribution in [0.25, 0.3) is 11.3 Å². The first-order valence-corrected chi connectivity index (χ1v) is 15.6. The topological polar surface area (TPSA) is 97.3 Å². The molecule has 1 N–H and O–H groups in total. The Labute approximate surface area is 273 Å². The fourth-order valence-electron chi connectivity index (χ4n) is 6.31. The molecule has 0 bridgehead atoms. The lowest BCUT2D eigenvalue weighted by Crippen LogP contribution is -2.75. The highest BCUT2D eigenvalue weighted by molar-refractivity contribution is 5.92. The monoisotopic (exact) mass is 633 g/mol. The fourth-order valence-corrected chi connectivity index (χ4v) is 6.31. The maximum absolute atomic E-state index is 14.3. The van der Waals surface area contributed by atoms with Crippen molar-refractivity contribution in [2.24, 2.45) is 0 Å². The predicted molar refractivity (Wildman–Crippen MR) is 175 cm³/mol. The number of phenolic OH excluding ortho intramolecular Hbond substituents is 1. The second-order valence-electron chi connectivity index (χ2n) is 11.8. The highest BCUT2D eigenvalue weighted by Gasteiger charge is 2.51. The van der Waals surface area contributed by atoms with Gasteiger partial charge in [-0.3, -0.25) is 19.4 Å². The number of aryl methyl sites for hydroxylation is 1. The smallest absolute Gasteiger partial charge is 0.246 e. The van der Waals surface area contributed by atoms with Crippen molar-refractivity contribution in [1.29, 1.82) is 0 Å². The van der Waals surface area contributed by atoms with Gasteiger partial charge in [-0.1, -0.05) is 54.6 Å². The number of hydrogen-bond acceptors (Lipinski definition) is 6. The molecule has 0 aliphatic carbocycles. The summed E-state index contributed by atoms with van der Waals surface area (Å²) in [6.07, 6.45) is 1.85. The van der Waals surface area contributed by atoms with Gasteiger partial charge in [0, 0.05) is 24.9 Å². The SMILES string of the molecule is C=CCN1CC(=O)N2C(CN(Cc3cccc(-c4ccc(F)cc4)n3)C(=O)[C@@H]2Cc2ccc(O)cc2)N1C(=O)CCc1ccccc1. The van der Waals surface area contributed by atoms with Crippen LogP contribution in [0.15, 0.2) is 110 Å². The molecule has 9 nitrogen and oxygen atoms in total. The van der Waals surface area contributed by atoms with Crippen LogP contribution in [-0.4, -0.2) is 79.5 Å². The van der Waals surface area contributed by atoms with Gasteiger partial charge >= 0.3 is 0 Å². The van der Waals surface area contributed by atoms with Crippen LogP contribution >= 0.6 is 0 Å². The Morgan fingerprint density at radius 3 is 2.40 bits per heavy atom. The number of rotatable bonds is 10. The number of carbonyl (C=O) groups excluding carboxylic acids is 3. The van der Waals surface area contributed by atoms with Gasteiger partial charge in [-0.15, -0.1) is 6.58 Å². The molecule has 2 fully saturated rings. The van der Waals surface area contributed by atoms with E-state index in [4.69, 9.17) is 4.98 Å². The third-order valence-electron chi connectivity index (χ3n) is 8.56. The summed E-state index contributed by atoms with van der Waals surface area (Å²) in [6, 6.07) is 26.9. The molecular formula is C37H36FN5O4. The minimum atomic E-state index is -0.888. The number of hydrazine groups is 1. The first-order valence-electron chi connectivity index (χ1n) is 15.6. The van der Waals surface area contributed by atoms with Crippen molar-refractivity contribution in [3.63, 3.8) is 0 Å². The van der Waals surface area contributed by atoms with E-state index in [-0.39, 0.29) is 68.3 Å². The van der Waals surface area contributed by atoms with Crippen molar-refractivity contribution in [3.8, 4) is 17.0 Å². The number of pyridine rings is 1. The number of nitrogens with zero attached hydrogens (tertiary/aromatic N) is 5. The van der Waals surface area contributed by atoms with Gasteiger partial charge < -0.3 is 14.9 Å². The van der Waals surface area contributed by atoms with Crippen LogP contribution in [0.1, 0.15) is 23.2 Å². The summed E-state index contributed by atoms with van der Waals surface area (Å²) in [5.74, 6) is -0.918. The number of hydrogen-bond donors (Lipinski definition) is 1. The lowest BCUT2D eigenvalue weighted by Gasteiger charge is -2.55. The predicted octanol–water partition coefficient (Wildman–Crippen LogP) is 4.58. The molecule has 1 unspecified atom stereocenters. The van der Waals surface area contributed by atoms with Gasteiger partial charge in [0.05, 0.1) is 31.0 Å². The Kier molecular flexibility index (Phi) is 9.40. The normalized spacial score (nSPS) is 18.3. The van der Waals surface area contributed by atoms with Crippen molar-refractivity contribution in [2.75, 3.05) is 19.6 Å². The van der Waals surface area contributed by atoms with Gasteiger partial charge in [-0.2, -0.15) is 0 Å². The molecule has 3 heterocycles. The van der Waals surface area contributed by atoms with Crippen molar-refractivity contribution < 1.29 is 23.9 Å². The Morgan fingerprint density at radius 2 is 1.68 bits per heavy atom. The summed E-state index contributed by atoms with van der Waals surface area (Å²) in [4.78, 5) is 50.1. The largest absolute Gasteiger partial charge is 0.508 e. The Bertz CT molecular complexity index is 1750. The van der Waals surface area contributed by atoms with E-state index >= 15 is 0 Å². The van der Waals surface area contributed by atoms with Crippen LogP contribution in [0.2, 0.25) is 0 Å². The third kappa shape index (κ3) is 7.07. The number of aromatic nitrogens is 1. The molecule has 1 aromatic heterocycles. The summed E-state index contributed by atoms with van der Waals surface area (Å²) in [6.45, 7) is 4.30. The van der Waals surface area contributed by atoms with E-state index in [1.807, 2.05) is 48.5 Å². The molecule has 2 aliphatic heterocycles. The van der Waals surface area contributed by atoms with Crippen LogP contribution in [0.3, 0.4) is 0 Å². The van der Waals surface area contributed by atoms with E-state index in [1.165, 1.54) is 12.1 Å². The van der Waals surface area contributed by atoms with Gasteiger partial charge in [-0.05, 0) is 66.1 Å². The summed E-state index contributed by atoms with van der Waals surface area (Å²) in [5, 5.41) is 13.2. The first-order chi connectivity index (χ1) is 22.8. The molecule has 240 valence electrons. The Hall–Kier alpha value is -5.35. The van der Waals surface area contributed by atoms with Crippen LogP contribution in [-0.2, 0) is 33.8 Å². The number of benzene rings is 3. The molecular weight excluding hydrogens is 597 g/mol. The molecule has 0 radical (unpaired) electrons. The lowest BCUT2D eigenvalue weighted by atomic mass is 9.98. The summed E-state index contributed by atoms with van der Waals surface area (Å²) in [5.41, 5.74) is 3.78. The molecule has 2 atom stereocenters. The van der Waals surface area contributed by atoms with Gasteiger partial charge in [0.15, 0.2) is 0 Å². The highest BCUT2D eigenvalue weighted by Crippen LogP contribution is 2.30. The quantitative estimate of drug-likeness (QED) is 0.257. The molecule has 3 amide bonds. The van der Waals surface area contributed by atoms with Crippen LogP contribution in [0.4, 0.5) is 4.39 Å². The maximum Gasteiger partial charge on any atom is 0.246 e. The average Bonchev–Trinajstić information content (AvgIpc) is 3.07. The minimum Gasteiger partial charge on any atom is -0.508 e. The van der Waals surface area contributed by atoms with Gasteiger partial charge in [0.25, 0.3) is 0 Å². The number of fused-ring (bicyclic) bond motifs is 1. The van der Waals surface area contributed by atoms with Crippen LogP contribution in [0.5, 0.6) is 5.75 Å². The van der Waals surface area contributed by atoms with Crippen molar-refractivity contribution in [2.45, 2.75) is 38.0 Å². The lowest BCUT2D eigenvalue weighted by molar-refractivity contribution is -0.205. The fraction of sp³-hybridized carbons (Fsp3) is 0.243. The molecule has 10 heteroatoms. The number of phenols is 1. The highest BCUT2D eigenvalue weighted by atomic mass is 19.1. The van der Waals surface area contributed by atoms with Crippen molar-refractivity contribution in [1.82, 2.24) is 24.8 Å². The molecule has 2 saturated heterocycles. The van der Waals surface area contributed by atoms with Gasteiger partial charge in [-0.25, -0.2) is 14.4 Å². The first kappa shape index (κ1) is 31.6. The molecule has 6 rings (SSSR count). The van der Waals surface area contributed by atoms with E-state index in [9.17, 15) is 23.9 Å². The van der Waals surface area contributed by atoms with E-state index in [1.54, 1.807) is 62.3 Å². The van der Waals surface area contributed by atoms with Crippen molar-refractivity contribution >= 4 is 17.7 Å². The molecule has 4 aromatic rings. The van der Waals surface area contributed by atoms with E-state index < -0.39 is 12.2 Å². The zero-order valence-corrected chi connectivity index (χ0v) is 25.9. The minimum absolute atomic E-state index is 0.0692. The van der Waals surface area contributed by atoms with Gasteiger partial charge in [0.1, 0.15) is 23.8 Å². The zero-order valence-electron chi connectivity index (χ0n) is 25.9. The number of piperazine rings is 1. The molecule has 3 aromatic carbocycles. The Morgan fingerprint density at radius 1 is 0.936 bits per heavy atom. The standard InChI is InChI=1S/C37H36FN5O4/c1-2-21-41-25-36(46)42-33(22-27-11-18-31(44)19-12-27)37(47)40(23-30-9-6-10-32(39-30)28-14-16-29(38)17-15-28)24-34(42)43(41)35(45)20-13-26-7-4-3-5-8-26/h2-12,14-19,33-34,44H,1,13,20-25H2/t33-,34?/m0/s1. The summed E-state index contributed by atoms with van der Waals surface area (Å²) >= 11 is 0. The Balaban J connectivity index is 1.34. The van der Waals surface area contributed by atoms with E-state index in [0.29, 0.717) is 17.8 Å². The molecule has 2 aliphatic rings. The summed E-state index contributed by atoms with van der Waals surface area (Å²) in [7, 11) is 0. The third-order valence-corrected chi connectivity index (χ3v) is 8.56. The number of aromatic hydroxyl groups is 1. The zero-order chi connectivity index (χ0) is 32.9. The summed E-state index contributed by atoms with van der Waals surface area (Å²) < 4.78 is 13.6. The number of halogens is 1. The van der Waals surface area contributed by atoms with E-state index in [2.05, 4.69) is 6.58 Å². The van der Waals surface area contributed by atoms with Crippen LogP contribution < -0.4 is 0 Å². The second kappa shape index (κ2) is 14.0. The number of carbonyl (C=O) groups is 3. The average molecular weight is 634 g/mol. The molecule has 0 saturated carbocycles.